The van der Waals surface area contributed by atoms with Crippen molar-refractivity contribution in [2.45, 2.75) is 309 Å². The van der Waals surface area contributed by atoms with Crippen molar-refractivity contribution >= 4 is 17.9 Å². The van der Waals surface area contributed by atoms with Crippen molar-refractivity contribution in [3.8, 4) is 0 Å². The minimum Gasteiger partial charge on any atom is -0.462 e. The molecule has 0 saturated heterocycles. The summed E-state index contributed by atoms with van der Waals surface area (Å²) in [4.78, 5) is 38.1. The minimum absolute atomic E-state index is 0.0785. The zero-order valence-electron chi connectivity index (χ0n) is 44.7. The molecule has 0 saturated carbocycles. The van der Waals surface area contributed by atoms with E-state index in [1.807, 2.05) is 0 Å². The van der Waals surface area contributed by atoms with Gasteiger partial charge in [0.1, 0.15) is 13.2 Å². The normalized spacial score (nSPS) is 12.3. The Kier molecular flexibility index (Phi) is 53.8. The first-order chi connectivity index (χ1) is 33.0. The SMILES string of the molecule is CCCCC/C=C\C/C=C\C/C=C\CCCCCCC(=O)OC[C@H](COC(=O)CCCCCCCCCCC/C=C\CCCCCCCC)OC(=O)CCCCCCCCCCCCCCC. The molecule has 67 heavy (non-hydrogen) atoms. The van der Waals surface area contributed by atoms with Gasteiger partial charge in [-0.1, -0.05) is 249 Å². The molecule has 0 bridgehead atoms. The van der Waals surface area contributed by atoms with Crippen LogP contribution in [0.15, 0.2) is 48.6 Å². The second kappa shape index (κ2) is 56.0. The Hall–Kier alpha value is -2.63. The first-order valence-corrected chi connectivity index (χ1v) is 29.1. The third-order valence-corrected chi connectivity index (χ3v) is 12.8. The summed E-state index contributed by atoms with van der Waals surface area (Å²) in [5.74, 6) is -0.888. The first-order valence-electron chi connectivity index (χ1n) is 29.1. The average molecular weight is 940 g/mol. The molecule has 0 spiro atoms. The number of unbranched alkanes of at least 4 members (excludes halogenated alkanes) is 34. The van der Waals surface area contributed by atoms with E-state index in [4.69, 9.17) is 14.2 Å². The Morgan fingerprint density at radius 3 is 0.881 bits per heavy atom. The number of rotatable bonds is 53. The standard InChI is InChI=1S/C61H110O6/c1-4-7-10-13-16-19-22-25-27-29-30-32-34-37-39-42-45-48-51-54-60(63)66-57-58(67-61(64)55-52-49-46-43-40-35-24-21-18-15-12-9-6-3)56-65-59(62)53-50-47-44-41-38-36-33-31-28-26-23-20-17-14-11-8-5-2/h17,20,25-28,33,36,58H,4-16,18-19,21-24,29-32,34-35,37-57H2,1-3H3/b20-17-,27-25-,28-26-,36-33-/t58-/m1/s1. The Labute approximate surface area is 416 Å². The fourth-order valence-electron chi connectivity index (χ4n) is 8.39. The summed E-state index contributed by atoms with van der Waals surface area (Å²) >= 11 is 0. The summed E-state index contributed by atoms with van der Waals surface area (Å²) in [5.41, 5.74) is 0. The summed E-state index contributed by atoms with van der Waals surface area (Å²) in [5, 5.41) is 0. The molecule has 0 aromatic carbocycles. The van der Waals surface area contributed by atoms with Gasteiger partial charge in [0, 0.05) is 19.3 Å². The lowest BCUT2D eigenvalue weighted by Gasteiger charge is -2.18. The van der Waals surface area contributed by atoms with Crippen LogP contribution in [0.5, 0.6) is 0 Å². The Balaban J connectivity index is 4.36. The molecule has 0 unspecified atom stereocenters. The van der Waals surface area contributed by atoms with Crippen LogP contribution in [0.25, 0.3) is 0 Å². The summed E-state index contributed by atoms with van der Waals surface area (Å²) in [6.45, 7) is 6.62. The van der Waals surface area contributed by atoms with Crippen molar-refractivity contribution in [3.05, 3.63) is 48.6 Å². The second-order valence-corrected chi connectivity index (χ2v) is 19.6. The second-order valence-electron chi connectivity index (χ2n) is 19.6. The van der Waals surface area contributed by atoms with Gasteiger partial charge in [0.05, 0.1) is 0 Å². The molecular weight excluding hydrogens is 829 g/mol. The van der Waals surface area contributed by atoms with E-state index in [0.29, 0.717) is 19.3 Å². The molecular formula is C61H110O6. The van der Waals surface area contributed by atoms with E-state index in [2.05, 4.69) is 69.4 Å². The number of hydrogen-bond acceptors (Lipinski definition) is 6. The Bertz CT molecular complexity index is 1170. The maximum absolute atomic E-state index is 12.8. The lowest BCUT2D eigenvalue weighted by atomic mass is 10.0. The topological polar surface area (TPSA) is 78.9 Å². The van der Waals surface area contributed by atoms with Crippen LogP contribution in [-0.4, -0.2) is 37.2 Å². The molecule has 0 N–H and O–H groups in total. The first kappa shape index (κ1) is 64.4. The predicted octanol–water partition coefficient (Wildman–Crippen LogP) is 19.4. The van der Waals surface area contributed by atoms with Crippen molar-refractivity contribution in [1.29, 1.82) is 0 Å². The zero-order chi connectivity index (χ0) is 48.6. The van der Waals surface area contributed by atoms with Gasteiger partial charge in [-0.25, -0.2) is 0 Å². The Morgan fingerprint density at radius 2 is 0.537 bits per heavy atom. The van der Waals surface area contributed by atoms with Gasteiger partial charge in [-0.15, -0.1) is 0 Å². The number of allylic oxidation sites excluding steroid dienone is 8. The maximum Gasteiger partial charge on any atom is 0.306 e. The monoisotopic (exact) mass is 939 g/mol. The van der Waals surface area contributed by atoms with E-state index >= 15 is 0 Å². The number of carbonyl (C=O) groups excluding carboxylic acids is 3. The van der Waals surface area contributed by atoms with E-state index < -0.39 is 6.10 Å². The van der Waals surface area contributed by atoms with Gasteiger partial charge >= 0.3 is 17.9 Å². The third-order valence-electron chi connectivity index (χ3n) is 12.8. The number of hydrogen-bond donors (Lipinski definition) is 0. The molecule has 0 aliphatic rings. The van der Waals surface area contributed by atoms with Crippen LogP contribution < -0.4 is 0 Å². The average Bonchev–Trinajstić information content (AvgIpc) is 3.33. The largest absolute Gasteiger partial charge is 0.462 e. The molecule has 0 aliphatic heterocycles. The molecule has 0 fully saturated rings. The van der Waals surface area contributed by atoms with Gasteiger partial charge in [-0.2, -0.15) is 0 Å². The summed E-state index contributed by atoms with van der Waals surface area (Å²) in [7, 11) is 0. The lowest BCUT2D eigenvalue weighted by Crippen LogP contribution is -2.30. The smallest absolute Gasteiger partial charge is 0.306 e. The maximum atomic E-state index is 12.8. The van der Waals surface area contributed by atoms with Gasteiger partial charge < -0.3 is 14.2 Å². The number of ether oxygens (including phenoxy) is 3. The van der Waals surface area contributed by atoms with Gasteiger partial charge in [0.15, 0.2) is 6.10 Å². The molecule has 390 valence electrons. The molecule has 0 amide bonds. The zero-order valence-corrected chi connectivity index (χ0v) is 44.7. The van der Waals surface area contributed by atoms with Crippen molar-refractivity contribution in [2.75, 3.05) is 13.2 Å². The molecule has 0 aromatic heterocycles. The molecule has 0 aliphatic carbocycles. The highest BCUT2D eigenvalue weighted by Crippen LogP contribution is 2.16. The van der Waals surface area contributed by atoms with Crippen LogP contribution in [0.2, 0.25) is 0 Å². The number of esters is 3. The van der Waals surface area contributed by atoms with Gasteiger partial charge in [0.25, 0.3) is 0 Å². The third kappa shape index (κ3) is 54.2. The summed E-state index contributed by atoms with van der Waals surface area (Å²) < 4.78 is 16.9. The molecule has 0 radical (unpaired) electrons. The highest BCUT2D eigenvalue weighted by molar-refractivity contribution is 5.71. The highest BCUT2D eigenvalue weighted by atomic mass is 16.6. The van der Waals surface area contributed by atoms with Crippen molar-refractivity contribution in [3.63, 3.8) is 0 Å². The molecule has 0 aromatic rings. The van der Waals surface area contributed by atoms with Crippen molar-refractivity contribution in [1.82, 2.24) is 0 Å². The lowest BCUT2D eigenvalue weighted by molar-refractivity contribution is -0.167. The number of carbonyl (C=O) groups is 3. The molecule has 1 atom stereocenters. The fourth-order valence-corrected chi connectivity index (χ4v) is 8.39. The quantitative estimate of drug-likeness (QED) is 0.0262. The highest BCUT2D eigenvalue weighted by Gasteiger charge is 2.19. The molecule has 6 heteroatoms. The van der Waals surface area contributed by atoms with Crippen LogP contribution in [0.4, 0.5) is 0 Å². The fraction of sp³-hybridized carbons (Fsp3) is 0.820. The van der Waals surface area contributed by atoms with Crippen LogP contribution in [-0.2, 0) is 28.6 Å². The van der Waals surface area contributed by atoms with E-state index in [9.17, 15) is 14.4 Å². The van der Waals surface area contributed by atoms with E-state index in [1.54, 1.807) is 0 Å². The molecule has 6 nitrogen and oxygen atoms in total. The molecule has 0 heterocycles. The Morgan fingerprint density at radius 1 is 0.299 bits per heavy atom. The van der Waals surface area contributed by atoms with Gasteiger partial charge in [0.2, 0.25) is 0 Å². The molecule has 0 rings (SSSR count). The van der Waals surface area contributed by atoms with Crippen molar-refractivity contribution in [2.24, 2.45) is 0 Å². The van der Waals surface area contributed by atoms with Crippen molar-refractivity contribution < 1.29 is 28.6 Å². The van der Waals surface area contributed by atoms with E-state index in [0.717, 1.165) is 83.5 Å². The van der Waals surface area contributed by atoms with Crippen LogP contribution in [0.3, 0.4) is 0 Å². The van der Waals surface area contributed by atoms with Gasteiger partial charge in [-0.05, 0) is 83.5 Å². The van der Waals surface area contributed by atoms with Crippen LogP contribution in [0.1, 0.15) is 303 Å². The summed E-state index contributed by atoms with van der Waals surface area (Å²) in [6, 6.07) is 0. The minimum atomic E-state index is -0.780. The van der Waals surface area contributed by atoms with E-state index in [1.165, 1.54) is 180 Å². The van der Waals surface area contributed by atoms with Crippen LogP contribution in [0, 0.1) is 0 Å². The van der Waals surface area contributed by atoms with E-state index in [-0.39, 0.29) is 31.1 Å². The predicted molar refractivity (Wildman–Crippen MR) is 289 cm³/mol. The van der Waals surface area contributed by atoms with Crippen LogP contribution >= 0.6 is 0 Å². The summed E-state index contributed by atoms with van der Waals surface area (Å²) in [6.07, 6.45) is 68.1. The van der Waals surface area contributed by atoms with Gasteiger partial charge in [-0.3, -0.25) is 14.4 Å².